The van der Waals surface area contributed by atoms with E-state index in [1.165, 1.54) is 12.8 Å². The molecule has 1 nitrogen and oxygen atoms in total. The summed E-state index contributed by atoms with van der Waals surface area (Å²) in [6, 6.07) is 0. The third-order valence-electron chi connectivity index (χ3n) is 3.57. The summed E-state index contributed by atoms with van der Waals surface area (Å²) >= 11 is 0. The molecule has 0 spiro atoms. The van der Waals surface area contributed by atoms with Crippen molar-refractivity contribution in [3.63, 3.8) is 0 Å². The molecule has 0 aliphatic heterocycles. The lowest BCUT2D eigenvalue weighted by Crippen LogP contribution is -2.42. The average Bonchev–Trinajstić information content (AvgIpc) is 2.52. The molecule has 0 amide bonds. The van der Waals surface area contributed by atoms with Gasteiger partial charge in [-0.3, -0.25) is 0 Å². The minimum atomic E-state index is -0.0248. The lowest BCUT2D eigenvalue weighted by molar-refractivity contribution is -0.0735. The first-order valence-electron chi connectivity index (χ1n) is 5.82. The van der Waals surface area contributed by atoms with Crippen molar-refractivity contribution in [2.24, 2.45) is 5.41 Å². The highest BCUT2D eigenvalue weighted by Crippen LogP contribution is 2.47. The minimum Gasteiger partial charge on any atom is -0.487 e. The Kier molecular flexibility index (Phi) is 3.32. The molecule has 1 fully saturated rings. The van der Waals surface area contributed by atoms with E-state index in [9.17, 15) is 0 Å². The summed E-state index contributed by atoms with van der Waals surface area (Å²) in [5, 5.41) is 0. The van der Waals surface area contributed by atoms with Crippen molar-refractivity contribution in [2.75, 3.05) is 0 Å². The third-order valence-corrected chi connectivity index (χ3v) is 3.57. The molecule has 0 aromatic rings. The lowest BCUT2D eigenvalue weighted by Gasteiger charge is -2.42. The van der Waals surface area contributed by atoms with Gasteiger partial charge < -0.3 is 4.74 Å². The van der Waals surface area contributed by atoms with Gasteiger partial charge in [-0.25, -0.2) is 0 Å². The lowest BCUT2D eigenvalue weighted by atomic mass is 9.75. The van der Waals surface area contributed by atoms with E-state index in [-0.39, 0.29) is 11.0 Å². The summed E-state index contributed by atoms with van der Waals surface area (Å²) in [5.41, 5.74) is 1.08. The molecule has 0 bridgehead atoms. The second-order valence-corrected chi connectivity index (χ2v) is 5.76. The van der Waals surface area contributed by atoms with Crippen LogP contribution in [0.3, 0.4) is 0 Å². The average molecular weight is 208 g/mol. The van der Waals surface area contributed by atoms with E-state index in [4.69, 9.17) is 4.74 Å². The number of hydrogen-bond acceptors (Lipinski definition) is 1. The summed E-state index contributed by atoms with van der Waals surface area (Å²) < 4.78 is 6.13. The summed E-state index contributed by atoms with van der Waals surface area (Å²) in [5.74, 6) is 0.756. The predicted molar refractivity (Wildman–Crippen MR) is 65.7 cm³/mol. The predicted octanol–water partition coefficient (Wildman–Crippen LogP) is 4.45. The van der Waals surface area contributed by atoms with Gasteiger partial charge in [0, 0.05) is 5.41 Å². The van der Waals surface area contributed by atoms with Crippen molar-refractivity contribution >= 4 is 0 Å². The number of ether oxygens (including phenoxy) is 1. The molecule has 0 saturated heterocycles. The van der Waals surface area contributed by atoms with Crippen LogP contribution < -0.4 is 0 Å². The van der Waals surface area contributed by atoms with E-state index in [0.29, 0.717) is 0 Å². The number of hydrogen-bond donors (Lipinski definition) is 0. The quantitative estimate of drug-likeness (QED) is 0.492. The number of allylic oxidation sites excluding steroid dienone is 1. The van der Waals surface area contributed by atoms with Gasteiger partial charge in [-0.15, -0.1) is 0 Å². The van der Waals surface area contributed by atoms with Crippen LogP contribution in [0, 0.1) is 5.41 Å². The van der Waals surface area contributed by atoms with Gasteiger partial charge in [0.05, 0.1) is 0 Å². The monoisotopic (exact) mass is 208 g/mol. The fourth-order valence-electron chi connectivity index (χ4n) is 2.27. The topological polar surface area (TPSA) is 9.23 Å². The summed E-state index contributed by atoms with van der Waals surface area (Å²) in [4.78, 5) is 0. The maximum Gasteiger partial charge on any atom is 0.115 e. The molecule has 1 aliphatic carbocycles. The molecule has 1 heteroatoms. The van der Waals surface area contributed by atoms with Gasteiger partial charge in [0.2, 0.25) is 0 Å². The molecular formula is C14H24O. The smallest absolute Gasteiger partial charge is 0.115 e. The zero-order chi connectivity index (χ0) is 11.7. The van der Waals surface area contributed by atoms with Crippen LogP contribution in [-0.2, 0) is 4.74 Å². The van der Waals surface area contributed by atoms with Crippen LogP contribution in [0.2, 0.25) is 0 Å². The Hall–Kier alpha value is -0.720. The van der Waals surface area contributed by atoms with E-state index >= 15 is 0 Å². The van der Waals surface area contributed by atoms with Crippen molar-refractivity contribution in [1.29, 1.82) is 0 Å². The molecule has 0 heterocycles. The summed E-state index contributed by atoms with van der Waals surface area (Å²) in [7, 11) is 0. The largest absolute Gasteiger partial charge is 0.487 e. The van der Waals surface area contributed by atoms with Gasteiger partial charge in [-0.05, 0) is 38.2 Å². The molecule has 0 atom stereocenters. The van der Waals surface area contributed by atoms with Crippen molar-refractivity contribution < 1.29 is 4.74 Å². The Morgan fingerprint density at radius 3 is 1.93 bits per heavy atom. The molecule has 0 N–H and O–H groups in total. The van der Waals surface area contributed by atoms with Crippen molar-refractivity contribution in [2.45, 2.75) is 59.0 Å². The first kappa shape index (κ1) is 12.4. The van der Waals surface area contributed by atoms with Gasteiger partial charge in [-0.1, -0.05) is 33.9 Å². The third kappa shape index (κ3) is 2.45. The molecule has 1 saturated carbocycles. The fraction of sp³-hybridized carbons (Fsp3) is 0.714. The van der Waals surface area contributed by atoms with Crippen LogP contribution in [0.4, 0.5) is 0 Å². The molecule has 1 rings (SSSR count). The first-order chi connectivity index (χ1) is 6.78. The SMILES string of the molecule is C=C(C)C(=C)OC1(C(C)(C)C)CCCC1. The molecule has 1 aliphatic rings. The highest BCUT2D eigenvalue weighted by molar-refractivity contribution is 5.18. The van der Waals surface area contributed by atoms with Crippen LogP contribution in [-0.4, -0.2) is 5.60 Å². The normalized spacial score (nSPS) is 20.0. The zero-order valence-corrected chi connectivity index (χ0v) is 10.7. The van der Waals surface area contributed by atoms with Crippen molar-refractivity contribution in [1.82, 2.24) is 0 Å². The molecule has 86 valence electrons. The van der Waals surface area contributed by atoms with Crippen molar-refractivity contribution in [3.8, 4) is 0 Å². The van der Waals surface area contributed by atoms with E-state index in [0.717, 1.165) is 24.2 Å². The van der Waals surface area contributed by atoms with Crippen LogP contribution in [0.1, 0.15) is 53.4 Å². The van der Waals surface area contributed by atoms with E-state index < -0.39 is 0 Å². The summed E-state index contributed by atoms with van der Waals surface area (Å²) in [6.07, 6.45) is 4.81. The standard InChI is InChI=1S/C14H24O/c1-11(2)12(3)15-14(13(4,5)6)9-7-8-10-14/h1,3,7-10H2,2,4-6H3. The van der Waals surface area contributed by atoms with Gasteiger partial charge in [-0.2, -0.15) is 0 Å². The van der Waals surface area contributed by atoms with Gasteiger partial charge in [0.25, 0.3) is 0 Å². The highest BCUT2D eigenvalue weighted by Gasteiger charge is 2.46. The van der Waals surface area contributed by atoms with Gasteiger partial charge in [0.1, 0.15) is 11.4 Å². The molecule has 0 aromatic carbocycles. The minimum absolute atomic E-state index is 0.0248. The Labute approximate surface area is 94.2 Å². The number of rotatable bonds is 3. The van der Waals surface area contributed by atoms with E-state index in [1.807, 2.05) is 6.92 Å². The van der Waals surface area contributed by atoms with Crippen LogP contribution in [0.5, 0.6) is 0 Å². The van der Waals surface area contributed by atoms with Crippen LogP contribution in [0.25, 0.3) is 0 Å². The highest BCUT2D eigenvalue weighted by atomic mass is 16.5. The molecular weight excluding hydrogens is 184 g/mol. The van der Waals surface area contributed by atoms with Crippen molar-refractivity contribution in [3.05, 3.63) is 24.5 Å². The zero-order valence-electron chi connectivity index (χ0n) is 10.7. The Morgan fingerprint density at radius 1 is 1.13 bits per heavy atom. The second-order valence-electron chi connectivity index (χ2n) is 5.76. The molecule has 15 heavy (non-hydrogen) atoms. The second kappa shape index (κ2) is 4.03. The Balaban J connectivity index is 2.84. The first-order valence-corrected chi connectivity index (χ1v) is 5.82. The van der Waals surface area contributed by atoms with Gasteiger partial charge >= 0.3 is 0 Å². The van der Waals surface area contributed by atoms with E-state index in [2.05, 4.69) is 33.9 Å². The van der Waals surface area contributed by atoms with E-state index in [1.54, 1.807) is 0 Å². The molecule has 0 unspecified atom stereocenters. The summed E-state index contributed by atoms with van der Waals surface area (Å²) in [6.45, 7) is 16.6. The molecule has 0 radical (unpaired) electrons. The maximum absolute atomic E-state index is 6.13. The maximum atomic E-state index is 6.13. The van der Waals surface area contributed by atoms with Gasteiger partial charge in [0.15, 0.2) is 0 Å². The van der Waals surface area contributed by atoms with Crippen LogP contribution >= 0.6 is 0 Å². The Morgan fingerprint density at radius 2 is 1.60 bits per heavy atom. The molecule has 0 aromatic heterocycles. The van der Waals surface area contributed by atoms with Crippen LogP contribution in [0.15, 0.2) is 24.5 Å². The Bertz CT molecular complexity index is 262. The fourth-order valence-corrected chi connectivity index (χ4v) is 2.27.